The zero-order chi connectivity index (χ0) is 8.81. The van der Waals surface area contributed by atoms with E-state index < -0.39 is 7.69 Å². The van der Waals surface area contributed by atoms with Gasteiger partial charge in [-0.05, 0) is 6.07 Å². The van der Waals surface area contributed by atoms with Crippen molar-refractivity contribution in [3.63, 3.8) is 0 Å². The van der Waals surface area contributed by atoms with Gasteiger partial charge in [0.05, 0.1) is 0 Å². The molecule has 0 bridgehead atoms. The molecule has 0 amide bonds. The maximum atomic E-state index is 7.12. The number of fused-ring (bicyclic) bond motifs is 1. The summed E-state index contributed by atoms with van der Waals surface area (Å²) in [5.41, 5.74) is 1.12. The summed E-state index contributed by atoms with van der Waals surface area (Å²) in [7, 11) is -0.750. The highest BCUT2D eigenvalue weighted by molar-refractivity contribution is 6.13. The zero-order valence-corrected chi connectivity index (χ0v) is 6.43. The molecule has 4 nitrogen and oxygen atoms in total. The molecule has 0 aromatic heterocycles. The van der Waals surface area contributed by atoms with E-state index >= 15 is 0 Å². The maximum absolute atomic E-state index is 7.12. The highest BCUT2D eigenvalue weighted by Crippen LogP contribution is 2.24. The first-order valence-electron chi connectivity index (χ1n) is 3.47. The molecule has 0 fully saturated rings. The van der Waals surface area contributed by atoms with E-state index in [0.717, 1.165) is 11.3 Å². The molecule has 0 aliphatic carbocycles. The van der Waals surface area contributed by atoms with Crippen molar-refractivity contribution in [3.8, 4) is 5.75 Å². The fourth-order valence-electron chi connectivity index (χ4n) is 0.861. The molecule has 1 heterocycles. The van der Waals surface area contributed by atoms with Crippen molar-refractivity contribution >= 4 is 7.69 Å². The Morgan fingerprint density at radius 1 is 1.25 bits per heavy atom. The standard InChI is InChI=1S/C7H6O2.BH3O2/c1-2-4-7-6(3-1)5-8-9-7;2-1-3/h1-4H,5H2;1-3H. The molecule has 12 heavy (non-hydrogen) atoms. The number of para-hydroxylation sites is 1. The average molecular weight is 168 g/mol. The number of hydrogen-bond acceptors (Lipinski definition) is 4. The number of hydrogen-bond donors (Lipinski definition) is 2. The summed E-state index contributed by atoms with van der Waals surface area (Å²) in [6.45, 7) is 0.580. The first kappa shape index (κ1) is 9.06. The molecule has 64 valence electrons. The fourth-order valence-corrected chi connectivity index (χ4v) is 0.861. The summed E-state index contributed by atoms with van der Waals surface area (Å²) >= 11 is 0. The van der Waals surface area contributed by atoms with Crippen LogP contribution in [0.2, 0.25) is 0 Å². The van der Waals surface area contributed by atoms with Crippen LogP contribution in [0.4, 0.5) is 0 Å². The van der Waals surface area contributed by atoms with E-state index in [9.17, 15) is 0 Å². The molecule has 0 radical (unpaired) electrons. The highest BCUT2D eigenvalue weighted by atomic mass is 17.2. The fraction of sp³-hybridized carbons (Fsp3) is 0.143. The Morgan fingerprint density at radius 2 is 1.92 bits per heavy atom. The Kier molecular flexibility index (Phi) is 3.60. The van der Waals surface area contributed by atoms with Crippen LogP contribution in [0.1, 0.15) is 5.56 Å². The van der Waals surface area contributed by atoms with Crippen molar-refractivity contribution in [3.05, 3.63) is 29.8 Å². The van der Waals surface area contributed by atoms with Crippen LogP contribution < -0.4 is 4.89 Å². The van der Waals surface area contributed by atoms with Gasteiger partial charge in [-0.1, -0.05) is 18.2 Å². The Labute approximate surface area is 70.6 Å². The summed E-state index contributed by atoms with van der Waals surface area (Å²) in [5, 5.41) is 14.2. The molecule has 1 aromatic rings. The van der Waals surface area contributed by atoms with E-state index in [-0.39, 0.29) is 0 Å². The smallest absolute Gasteiger partial charge is 0.430 e. The van der Waals surface area contributed by atoms with E-state index in [1.165, 1.54) is 0 Å². The summed E-state index contributed by atoms with van der Waals surface area (Å²) < 4.78 is 0. The van der Waals surface area contributed by atoms with Gasteiger partial charge < -0.3 is 14.9 Å². The topological polar surface area (TPSA) is 58.9 Å². The molecular formula is C7H9BO4. The maximum Gasteiger partial charge on any atom is 0.432 e. The lowest BCUT2D eigenvalue weighted by molar-refractivity contribution is -0.194. The number of rotatable bonds is 0. The third-order valence-corrected chi connectivity index (χ3v) is 1.34. The van der Waals surface area contributed by atoms with Gasteiger partial charge in [0.2, 0.25) is 0 Å². The molecule has 0 spiro atoms. The normalized spacial score (nSPS) is 12.2. The summed E-state index contributed by atoms with van der Waals surface area (Å²) in [6.07, 6.45) is 0. The minimum Gasteiger partial charge on any atom is -0.430 e. The van der Waals surface area contributed by atoms with Crippen LogP contribution in [0.25, 0.3) is 0 Å². The molecule has 2 rings (SSSR count). The van der Waals surface area contributed by atoms with E-state index in [0.29, 0.717) is 6.61 Å². The summed E-state index contributed by atoms with van der Waals surface area (Å²) in [6, 6.07) is 7.77. The molecule has 1 aliphatic rings. The minimum absolute atomic E-state index is 0.580. The first-order valence-corrected chi connectivity index (χ1v) is 3.47. The lowest BCUT2D eigenvalue weighted by Crippen LogP contribution is -1.80. The SMILES string of the molecule is OBO.c1ccc2c(c1)COO2. The second-order valence-electron chi connectivity index (χ2n) is 2.09. The third kappa shape index (κ3) is 2.23. The van der Waals surface area contributed by atoms with E-state index in [1.807, 2.05) is 24.3 Å². The Hall–Kier alpha value is -1.04. The lowest BCUT2D eigenvalue weighted by atomic mass is 10.2. The van der Waals surface area contributed by atoms with Crippen LogP contribution in [0.15, 0.2) is 24.3 Å². The van der Waals surface area contributed by atoms with Crippen LogP contribution in [0, 0.1) is 0 Å². The molecule has 0 saturated carbocycles. The monoisotopic (exact) mass is 168 g/mol. The zero-order valence-electron chi connectivity index (χ0n) is 6.43. The predicted molar refractivity (Wildman–Crippen MR) is 43.4 cm³/mol. The van der Waals surface area contributed by atoms with Crippen molar-refractivity contribution in [2.75, 3.05) is 0 Å². The van der Waals surface area contributed by atoms with E-state index in [1.54, 1.807) is 0 Å². The quantitative estimate of drug-likeness (QED) is 0.414. The Bertz CT molecular complexity index is 218. The van der Waals surface area contributed by atoms with E-state index in [2.05, 4.69) is 0 Å². The summed E-state index contributed by atoms with van der Waals surface area (Å²) in [4.78, 5) is 9.51. The van der Waals surface area contributed by atoms with Crippen LogP contribution in [-0.2, 0) is 11.5 Å². The van der Waals surface area contributed by atoms with Crippen LogP contribution in [0.5, 0.6) is 5.75 Å². The van der Waals surface area contributed by atoms with Gasteiger partial charge in [0.1, 0.15) is 6.61 Å². The predicted octanol–water partition coefficient (Wildman–Crippen LogP) is -0.252. The van der Waals surface area contributed by atoms with Gasteiger partial charge >= 0.3 is 7.69 Å². The third-order valence-electron chi connectivity index (χ3n) is 1.34. The first-order chi connectivity index (χ1) is 5.88. The molecule has 2 N–H and O–H groups in total. The van der Waals surface area contributed by atoms with Gasteiger partial charge in [0, 0.05) is 5.56 Å². The summed E-state index contributed by atoms with van der Waals surface area (Å²) in [5.74, 6) is 0.845. The van der Waals surface area contributed by atoms with Gasteiger partial charge in [0.25, 0.3) is 0 Å². The van der Waals surface area contributed by atoms with Crippen molar-refractivity contribution < 1.29 is 19.8 Å². The van der Waals surface area contributed by atoms with Crippen molar-refractivity contribution in [1.29, 1.82) is 0 Å². The molecule has 0 unspecified atom stereocenters. The van der Waals surface area contributed by atoms with E-state index in [4.69, 9.17) is 19.8 Å². The second kappa shape index (κ2) is 4.76. The van der Waals surface area contributed by atoms with Crippen LogP contribution in [-0.4, -0.2) is 17.7 Å². The molecular weight excluding hydrogens is 159 g/mol. The van der Waals surface area contributed by atoms with Gasteiger partial charge in [-0.15, -0.1) is 0 Å². The van der Waals surface area contributed by atoms with Crippen molar-refractivity contribution in [1.82, 2.24) is 0 Å². The van der Waals surface area contributed by atoms with Crippen LogP contribution >= 0.6 is 0 Å². The molecule has 0 saturated heterocycles. The second-order valence-corrected chi connectivity index (χ2v) is 2.09. The number of benzene rings is 1. The van der Waals surface area contributed by atoms with Crippen LogP contribution in [0.3, 0.4) is 0 Å². The molecule has 1 aliphatic heterocycles. The Morgan fingerprint density at radius 3 is 2.58 bits per heavy atom. The molecule has 1 aromatic carbocycles. The van der Waals surface area contributed by atoms with Gasteiger partial charge in [-0.25, -0.2) is 0 Å². The van der Waals surface area contributed by atoms with Crippen molar-refractivity contribution in [2.45, 2.75) is 6.61 Å². The lowest BCUT2D eigenvalue weighted by Gasteiger charge is -1.89. The Balaban J connectivity index is 0.000000213. The van der Waals surface area contributed by atoms with Gasteiger partial charge in [0.15, 0.2) is 5.75 Å². The van der Waals surface area contributed by atoms with Crippen molar-refractivity contribution in [2.24, 2.45) is 0 Å². The largest absolute Gasteiger partial charge is 0.432 e. The minimum atomic E-state index is -0.750. The molecule has 5 heteroatoms. The van der Waals surface area contributed by atoms with Gasteiger partial charge in [-0.3, -0.25) is 0 Å². The highest BCUT2D eigenvalue weighted by Gasteiger charge is 2.10. The average Bonchev–Trinajstić information content (AvgIpc) is 2.52. The van der Waals surface area contributed by atoms with Gasteiger partial charge in [-0.2, -0.15) is 4.89 Å². The molecule has 0 atom stereocenters.